The van der Waals surface area contributed by atoms with Crippen LogP contribution in [0.25, 0.3) is 0 Å². The third-order valence-electron chi connectivity index (χ3n) is 3.19. The first-order valence-electron chi connectivity index (χ1n) is 6.35. The van der Waals surface area contributed by atoms with Crippen LogP contribution in [0.2, 0.25) is 8.96 Å². The molecule has 0 amide bonds. The number of rotatable bonds is 6. The zero-order valence-corrected chi connectivity index (χ0v) is 14.6. The number of benzene rings is 1. The molecule has 0 aliphatic rings. The molecule has 0 aliphatic carbocycles. The van der Waals surface area contributed by atoms with Crippen molar-refractivity contribution in [2.24, 2.45) is 5.92 Å². The molecule has 0 spiro atoms. The summed E-state index contributed by atoms with van der Waals surface area (Å²) in [7, 11) is 5.56. The van der Waals surface area contributed by atoms with Crippen LogP contribution in [0.1, 0.15) is 38.7 Å². The Balaban J connectivity index is 2.51. The summed E-state index contributed by atoms with van der Waals surface area (Å²) < 4.78 is 14.6. The summed E-state index contributed by atoms with van der Waals surface area (Å²) in [5, 5.41) is 0.0613. The Morgan fingerprint density at radius 1 is 1.28 bits per heavy atom. The Hall–Kier alpha value is 0.304. The molecule has 0 aliphatic heterocycles. The minimum atomic E-state index is -0.350. The summed E-state index contributed by atoms with van der Waals surface area (Å²) in [6, 6.07) is 3.43. The van der Waals surface area contributed by atoms with E-state index in [1.807, 2.05) is 0 Å². The molecule has 0 bridgehead atoms. The molecule has 0 fully saturated rings. The Labute approximate surface area is 129 Å². The predicted octanol–water partition coefficient (Wildman–Crippen LogP) is 3.60. The summed E-state index contributed by atoms with van der Waals surface area (Å²) in [5.41, 5.74) is 0.991. The quantitative estimate of drug-likeness (QED) is 0.672. The Morgan fingerprint density at radius 2 is 1.94 bits per heavy atom. The normalized spacial score (nSPS) is 14.5. The number of hydrogen-bond donors (Lipinski definition) is 0. The van der Waals surface area contributed by atoms with E-state index in [1.165, 1.54) is 12.8 Å². The standard InChI is InChI=1S/C14H18BClF.Sn/c1-3-4-5-10(2)6-7-11-8-9-12(15)13(16)14(11)17;/h3,8-10H,4-7H2,1-2H3;. The van der Waals surface area contributed by atoms with Crippen LogP contribution in [0.3, 0.4) is 0 Å². The van der Waals surface area contributed by atoms with Crippen molar-refractivity contribution in [1.82, 2.24) is 0 Å². The zero-order valence-electron chi connectivity index (χ0n) is 11.0. The summed E-state index contributed by atoms with van der Waals surface area (Å²) in [5.74, 6) is 0.279. The molecule has 0 nitrogen and oxygen atoms in total. The van der Waals surface area contributed by atoms with Crippen molar-refractivity contribution in [1.29, 1.82) is 0 Å². The van der Waals surface area contributed by atoms with Gasteiger partial charge in [-0.05, 0) is 0 Å². The van der Waals surface area contributed by atoms with Gasteiger partial charge in [0.15, 0.2) is 0 Å². The van der Waals surface area contributed by atoms with E-state index in [2.05, 4.69) is 13.8 Å². The van der Waals surface area contributed by atoms with E-state index >= 15 is 0 Å². The molecular formula is C14H18BClFSn. The molecule has 4 heteroatoms. The van der Waals surface area contributed by atoms with Crippen LogP contribution in [-0.2, 0) is 6.42 Å². The molecule has 1 aromatic carbocycles. The summed E-state index contributed by atoms with van der Waals surface area (Å²) in [6.45, 7) is 4.50. The third kappa shape index (κ3) is 5.12. The Bertz CT molecular complexity index is 396. The van der Waals surface area contributed by atoms with Crippen LogP contribution in [-0.4, -0.2) is 30.4 Å². The zero-order chi connectivity index (χ0) is 13.7. The maximum absolute atomic E-state index is 13.8. The van der Waals surface area contributed by atoms with Gasteiger partial charge >= 0.3 is 130 Å². The van der Waals surface area contributed by atoms with E-state index in [4.69, 9.17) is 19.4 Å². The van der Waals surface area contributed by atoms with Gasteiger partial charge in [-0.3, -0.25) is 0 Å². The third-order valence-corrected chi connectivity index (χ3v) is 4.40. The molecule has 2 unspecified atom stereocenters. The molecule has 5 radical (unpaired) electrons. The first-order chi connectivity index (χ1) is 8.41. The Morgan fingerprint density at radius 3 is 2.56 bits per heavy atom. The molecule has 95 valence electrons. The van der Waals surface area contributed by atoms with Gasteiger partial charge in [0.05, 0.1) is 0 Å². The van der Waals surface area contributed by atoms with Crippen LogP contribution < -0.4 is 5.46 Å². The van der Waals surface area contributed by atoms with Crippen molar-refractivity contribution < 1.29 is 4.39 Å². The molecule has 0 saturated heterocycles. The van der Waals surface area contributed by atoms with Gasteiger partial charge in [0, 0.05) is 0 Å². The van der Waals surface area contributed by atoms with E-state index in [0.29, 0.717) is 16.9 Å². The second kappa shape index (κ2) is 7.79. The van der Waals surface area contributed by atoms with Crippen molar-refractivity contribution >= 4 is 47.4 Å². The molecule has 0 heterocycles. The van der Waals surface area contributed by atoms with E-state index < -0.39 is 0 Å². The van der Waals surface area contributed by atoms with Crippen LogP contribution in [0.15, 0.2) is 12.1 Å². The van der Waals surface area contributed by atoms with E-state index in [0.717, 1.165) is 16.8 Å². The second-order valence-electron chi connectivity index (χ2n) is 5.06. The second-order valence-corrected chi connectivity index (χ2v) is 8.26. The van der Waals surface area contributed by atoms with Crippen molar-refractivity contribution in [3.8, 4) is 0 Å². The predicted molar refractivity (Wildman–Crippen MR) is 78.7 cm³/mol. The number of aryl methyl sites for hydroxylation is 1. The summed E-state index contributed by atoms with van der Waals surface area (Å²) >= 11 is 7.40. The molecular weight excluding hydrogens is 352 g/mol. The van der Waals surface area contributed by atoms with E-state index in [9.17, 15) is 4.39 Å². The van der Waals surface area contributed by atoms with Crippen molar-refractivity contribution in [3.63, 3.8) is 0 Å². The van der Waals surface area contributed by atoms with Gasteiger partial charge < -0.3 is 0 Å². The van der Waals surface area contributed by atoms with Crippen molar-refractivity contribution in [3.05, 3.63) is 28.5 Å². The number of hydrogen-bond acceptors (Lipinski definition) is 0. The first-order valence-corrected chi connectivity index (χ1v) is 8.37. The molecule has 0 aromatic heterocycles. The fraction of sp³-hybridized carbons (Fsp3) is 0.571. The Kier molecular flexibility index (Phi) is 7.08. The average Bonchev–Trinajstić information content (AvgIpc) is 2.32. The van der Waals surface area contributed by atoms with Gasteiger partial charge in [0.1, 0.15) is 0 Å². The average molecular weight is 370 g/mol. The van der Waals surface area contributed by atoms with Gasteiger partial charge in [0.2, 0.25) is 0 Å². The monoisotopic (exact) mass is 371 g/mol. The van der Waals surface area contributed by atoms with Gasteiger partial charge in [-0.15, -0.1) is 0 Å². The summed E-state index contributed by atoms with van der Waals surface area (Å²) in [4.78, 5) is 0. The topological polar surface area (TPSA) is 0 Å². The molecule has 2 atom stereocenters. The van der Waals surface area contributed by atoms with Crippen molar-refractivity contribution in [2.45, 2.75) is 43.5 Å². The van der Waals surface area contributed by atoms with Gasteiger partial charge in [-0.25, -0.2) is 0 Å². The van der Waals surface area contributed by atoms with Gasteiger partial charge in [-0.1, -0.05) is 0 Å². The fourth-order valence-electron chi connectivity index (χ4n) is 1.88. The fourth-order valence-corrected chi connectivity index (χ4v) is 2.54. The molecule has 18 heavy (non-hydrogen) atoms. The molecule has 0 N–H and O–H groups in total. The van der Waals surface area contributed by atoms with Gasteiger partial charge in [-0.2, -0.15) is 0 Å². The number of halogens is 2. The SMILES string of the molecule is [B]c1ccc(CCC(C)CC[CH](C)[Sn])c(F)c1Cl. The van der Waals surface area contributed by atoms with Crippen LogP contribution in [0.4, 0.5) is 4.39 Å². The van der Waals surface area contributed by atoms with Crippen LogP contribution in [0.5, 0.6) is 0 Å². The maximum atomic E-state index is 13.8. The summed E-state index contributed by atoms with van der Waals surface area (Å²) in [6.07, 6.45) is 4.22. The van der Waals surface area contributed by atoms with Crippen LogP contribution >= 0.6 is 11.6 Å². The first kappa shape index (κ1) is 16.4. The van der Waals surface area contributed by atoms with Gasteiger partial charge in [0.25, 0.3) is 0 Å². The van der Waals surface area contributed by atoms with E-state index in [1.54, 1.807) is 34.7 Å². The minimum absolute atomic E-state index is 0.0613. The van der Waals surface area contributed by atoms with Crippen molar-refractivity contribution in [2.75, 3.05) is 0 Å². The van der Waals surface area contributed by atoms with Crippen LogP contribution in [0, 0.1) is 11.7 Å². The molecule has 1 aromatic rings. The molecule has 0 saturated carbocycles. The van der Waals surface area contributed by atoms with E-state index in [-0.39, 0.29) is 10.8 Å². The molecule has 1 rings (SSSR count).